The van der Waals surface area contributed by atoms with E-state index >= 15 is 0 Å². The maximum Gasteiger partial charge on any atom is 0.594 e. The predicted molar refractivity (Wildman–Crippen MR) is 62.5 cm³/mol. The van der Waals surface area contributed by atoms with E-state index in [2.05, 4.69) is 4.65 Å². The van der Waals surface area contributed by atoms with Crippen molar-refractivity contribution >= 4 is 36.8 Å². The van der Waals surface area contributed by atoms with Crippen molar-refractivity contribution in [3.63, 3.8) is 0 Å². The fraction of sp³-hybridized carbons (Fsp3) is 1.00. The van der Waals surface area contributed by atoms with Crippen LogP contribution in [0.4, 0.5) is 0 Å². The molecule has 0 unspecified atom stereocenters. The second-order valence-electron chi connectivity index (χ2n) is 2.46. The molecule has 0 aliphatic rings. The SMILES string of the molecule is CO[Si](N[Si](OC)(OC)OC)(OC)OC.[Li]. The van der Waals surface area contributed by atoms with Crippen LogP contribution in [0.1, 0.15) is 0 Å². The van der Waals surface area contributed by atoms with Crippen molar-refractivity contribution in [3.8, 4) is 0 Å². The quantitative estimate of drug-likeness (QED) is 0.561. The van der Waals surface area contributed by atoms with Crippen molar-refractivity contribution in [2.45, 2.75) is 0 Å². The summed E-state index contributed by atoms with van der Waals surface area (Å²) in [5.74, 6) is 0. The molecule has 0 aromatic heterocycles. The van der Waals surface area contributed by atoms with Gasteiger partial charge in [0, 0.05) is 61.5 Å². The minimum Gasteiger partial charge on any atom is -0.365 e. The molecule has 0 rings (SSSR count). The number of hydrogen-bond donors (Lipinski definition) is 1. The molecule has 0 fully saturated rings. The zero-order chi connectivity index (χ0) is 11.9. The minimum absolute atomic E-state index is 0. The van der Waals surface area contributed by atoms with Crippen molar-refractivity contribution in [1.29, 1.82) is 0 Å². The van der Waals surface area contributed by atoms with Crippen LogP contribution in [0.2, 0.25) is 0 Å². The van der Waals surface area contributed by atoms with E-state index in [1.54, 1.807) is 0 Å². The van der Waals surface area contributed by atoms with Crippen molar-refractivity contribution < 1.29 is 26.6 Å². The van der Waals surface area contributed by atoms with Crippen LogP contribution in [0.25, 0.3) is 0 Å². The molecule has 1 radical (unpaired) electrons. The third kappa shape index (κ3) is 4.55. The minimum atomic E-state index is -2.98. The molecular weight excluding hydrogens is 245 g/mol. The zero-order valence-electron chi connectivity index (χ0n) is 10.9. The van der Waals surface area contributed by atoms with Gasteiger partial charge in [0.1, 0.15) is 0 Å². The van der Waals surface area contributed by atoms with Gasteiger partial charge in [-0.3, -0.25) is 0 Å². The van der Waals surface area contributed by atoms with Gasteiger partial charge in [-0.05, 0) is 0 Å². The van der Waals surface area contributed by atoms with Gasteiger partial charge in [0.25, 0.3) is 0 Å². The molecule has 7 nitrogen and oxygen atoms in total. The van der Waals surface area contributed by atoms with Crippen LogP contribution in [0.3, 0.4) is 0 Å². The maximum absolute atomic E-state index is 5.18. The molecule has 0 aromatic carbocycles. The van der Waals surface area contributed by atoms with Gasteiger partial charge in [0.15, 0.2) is 0 Å². The van der Waals surface area contributed by atoms with Crippen LogP contribution in [0, 0.1) is 0 Å². The van der Waals surface area contributed by atoms with Crippen molar-refractivity contribution in [2.24, 2.45) is 0 Å². The molecule has 0 aromatic rings. The first-order chi connectivity index (χ1) is 7.07. The fourth-order valence-corrected chi connectivity index (χ4v) is 5.94. The van der Waals surface area contributed by atoms with E-state index in [0.717, 1.165) is 0 Å². The normalized spacial score (nSPS) is 12.4. The Morgan fingerprint density at radius 3 is 0.875 bits per heavy atom. The monoisotopic (exact) mass is 264 g/mol. The molecule has 0 atom stereocenters. The van der Waals surface area contributed by atoms with Crippen LogP contribution >= 0.6 is 0 Å². The summed E-state index contributed by atoms with van der Waals surface area (Å²) in [6.07, 6.45) is 0. The van der Waals surface area contributed by atoms with E-state index in [1.165, 1.54) is 42.7 Å². The van der Waals surface area contributed by atoms with Gasteiger partial charge in [-0.25, -0.2) is 4.65 Å². The summed E-state index contributed by atoms with van der Waals surface area (Å²) in [6.45, 7) is 0. The molecule has 1 N–H and O–H groups in total. The van der Waals surface area contributed by atoms with Gasteiger partial charge in [-0.2, -0.15) is 0 Å². The van der Waals surface area contributed by atoms with Crippen LogP contribution in [-0.4, -0.2) is 79.5 Å². The van der Waals surface area contributed by atoms with E-state index in [1.807, 2.05) is 0 Å². The molecule has 0 amide bonds. The number of rotatable bonds is 8. The molecule has 0 saturated carbocycles. The Bertz CT molecular complexity index is 146. The van der Waals surface area contributed by atoms with E-state index in [9.17, 15) is 0 Å². The Labute approximate surface area is 111 Å². The molecule has 0 spiro atoms. The van der Waals surface area contributed by atoms with Gasteiger partial charge >= 0.3 is 17.9 Å². The van der Waals surface area contributed by atoms with Gasteiger partial charge in [0.2, 0.25) is 0 Å². The van der Waals surface area contributed by atoms with Gasteiger partial charge in [-0.15, -0.1) is 0 Å². The summed E-state index contributed by atoms with van der Waals surface area (Å²) in [4.78, 5) is 0. The summed E-state index contributed by atoms with van der Waals surface area (Å²) in [5.41, 5.74) is 0. The molecule has 10 heteroatoms. The van der Waals surface area contributed by atoms with Crippen molar-refractivity contribution in [3.05, 3.63) is 0 Å². The third-order valence-corrected chi connectivity index (χ3v) is 7.59. The summed E-state index contributed by atoms with van der Waals surface area (Å²) in [6, 6.07) is 0. The van der Waals surface area contributed by atoms with Gasteiger partial charge in [-0.1, -0.05) is 0 Å². The zero-order valence-corrected chi connectivity index (χ0v) is 12.9. The largest absolute Gasteiger partial charge is 0.594 e. The first-order valence-electron chi connectivity index (χ1n) is 4.17. The second-order valence-corrected chi connectivity index (χ2v) is 8.14. The molecule has 0 bridgehead atoms. The molecule has 0 aliphatic heterocycles. The Balaban J connectivity index is 0. The van der Waals surface area contributed by atoms with Crippen molar-refractivity contribution in [2.75, 3.05) is 42.7 Å². The Morgan fingerprint density at radius 1 is 0.562 bits per heavy atom. The van der Waals surface area contributed by atoms with Crippen molar-refractivity contribution in [1.82, 2.24) is 4.65 Å². The first-order valence-corrected chi connectivity index (χ1v) is 7.62. The summed E-state index contributed by atoms with van der Waals surface area (Å²) in [7, 11) is 2.91. The number of nitrogens with one attached hydrogen (secondary N) is 1. The summed E-state index contributed by atoms with van der Waals surface area (Å²) in [5, 5.41) is 0. The smallest absolute Gasteiger partial charge is 0.365 e. The van der Waals surface area contributed by atoms with Crippen LogP contribution in [0.15, 0.2) is 0 Å². The molecule has 16 heavy (non-hydrogen) atoms. The summed E-state index contributed by atoms with van der Waals surface area (Å²) < 4.78 is 34.0. The van der Waals surface area contributed by atoms with Crippen LogP contribution < -0.4 is 4.65 Å². The fourth-order valence-electron chi connectivity index (χ4n) is 0.994. The maximum atomic E-state index is 5.18. The van der Waals surface area contributed by atoms with E-state index in [-0.39, 0.29) is 18.9 Å². The average molecular weight is 264 g/mol. The Morgan fingerprint density at radius 2 is 0.750 bits per heavy atom. The predicted octanol–water partition coefficient (Wildman–Crippen LogP) is -1.06. The van der Waals surface area contributed by atoms with Gasteiger partial charge in [0.05, 0.1) is 0 Å². The molecule has 0 aliphatic carbocycles. The first kappa shape index (κ1) is 19.1. The molecule has 0 heterocycles. The van der Waals surface area contributed by atoms with E-state index < -0.39 is 17.9 Å². The van der Waals surface area contributed by atoms with Gasteiger partial charge < -0.3 is 26.6 Å². The summed E-state index contributed by atoms with van der Waals surface area (Å²) >= 11 is 0. The second kappa shape index (κ2) is 8.79. The molecule has 0 saturated heterocycles. The average Bonchev–Trinajstić information content (AvgIpc) is 2.33. The standard InChI is InChI=1S/C6H19NO6Si2.Li/c1-8-14(9-2,10-3)7-15(11-4,12-5)13-6;/h7H,1-6H3;. The van der Waals surface area contributed by atoms with Crippen LogP contribution in [-0.2, 0) is 26.6 Å². The topological polar surface area (TPSA) is 67.4 Å². The van der Waals surface area contributed by atoms with Crippen LogP contribution in [0.5, 0.6) is 0 Å². The molecule has 93 valence electrons. The Kier molecular flexibility index (Phi) is 10.5. The number of hydrogen-bond acceptors (Lipinski definition) is 7. The van der Waals surface area contributed by atoms with E-state index in [4.69, 9.17) is 26.6 Å². The molecular formula is C6H19LiNO6Si2. The Hall–Kier alpha value is 0.751. The third-order valence-electron chi connectivity index (χ3n) is 1.92. The van der Waals surface area contributed by atoms with E-state index in [0.29, 0.717) is 0 Å².